The number of nitrogens with one attached hydrogen (secondary N) is 2. The van der Waals surface area contributed by atoms with Gasteiger partial charge in [-0.25, -0.2) is 4.98 Å². The van der Waals surface area contributed by atoms with Crippen LogP contribution in [0.1, 0.15) is 17.5 Å². The smallest absolute Gasteiger partial charge is 0.187 e. The van der Waals surface area contributed by atoms with Gasteiger partial charge in [0.05, 0.1) is 15.9 Å². The number of nitrogens with zero attached hydrogens (tertiary/aromatic N) is 2. The van der Waals surface area contributed by atoms with E-state index in [2.05, 4.69) is 26.9 Å². The zero-order valence-electron chi connectivity index (χ0n) is 12.6. The maximum Gasteiger partial charge on any atom is 0.187 e. The standard InChI is InChI=1S/C17H16N4S2/c1-12(16-19-14-9-5-6-10-15(14)23-16)20-21-17(22)18-11-13-7-3-2-4-8-13/h2-10H,11H2,1H3,(H2,18,21,22)/b20-12+. The third kappa shape index (κ3) is 4.12. The van der Waals surface area contributed by atoms with Crippen molar-refractivity contribution in [1.29, 1.82) is 0 Å². The Kier molecular flexibility index (Phi) is 4.95. The van der Waals surface area contributed by atoms with Gasteiger partial charge in [0.1, 0.15) is 5.01 Å². The monoisotopic (exact) mass is 340 g/mol. The first-order valence-electron chi connectivity index (χ1n) is 7.20. The van der Waals surface area contributed by atoms with Crippen LogP contribution in [0.15, 0.2) is 59.7 Å². The molecule has 4 nitrogen and oxygen atoms in total. The second kappa shape index (κ2) is 7.30. The van der Waals surface area contributed by atoms with Gasteiger partial charge in [0.2, 0.25) is 0 Å². The number of hydrogen-bond acceptors (Lipinski definition) is 4. The Hall–Kier alpha value is -2.31. The Morgan fingerprint density at radius 1 is 1.13 bits per heavy atom. The van der Waals surface area contributed by atoms with Crippen molar-refractivity contribution in [3.05, 3.63) is 65.2 Å². The molecule has 3 rings (SSSR count). The molecule has 0 bridgehead atoms. The molecule has 0 atom stereocenters. The highest BCUT2D eigenvalue weighted by atomic mass is 32.1. The number of hydrazone groups is 1. The molecule has 0 aliphatic rings. The van der Waals surface area contributed by atoms with Crippen molar-refractivity contribution in [2.24, 2.45) is 5.10 Å². The van der Waals surface area contributed by atoms with E-state index < -0.39 is 0 Å². The maximum atomic E-state index is 5.24. The van der Waals surface area contributed by atoms with Crippen molar-refractivity contribution < 1.29 is 0 Å². The van der Waals surface area contributed by atoms with Crippen molar-refractivity contribution in [3.63, 3.8) is 0 Å². The number of thiocarbonyl (C=S) groups is 1. The number of rotatable bonds is 4. The minimum atomic E-state index is 0.495. The summed E-state index contributed by atoms with van der Waals surface area (Å²) in [5, 5.41) is 8.83. The van der Waals surface area contributed by atoms with Gasteiger partial charge < -0.3 is 5.32 Å². The molecule has 0 unspecified atom stereocenters. The summed E-state index contributed by atoms with van der Waals surface area (Å²) in [5.41, 5.74) is 5.85. The van der Waals surface area contributed by atoms with E-state index in [-0.39, 0.29) is 0 Å². The minimum Gasteiger partial charge on any atom is -0.357 e. The molecule has 0 saturated heterocycles. The van der Waals surface area contributed by atoms with Crippen LogP contribution < -0.4 is 10.7 Å². The number of aromatic nitrogens is 1. The summed E-state index contributed by atoms with van der Waals surface area (Å²) in [5.74, 6) is 0. The Morgan fingerprint density at radius 3 is 2.65 bits per heavy atom. The van der Waals surface area contributed by atoms with E-state index in [0.717, 1.165) is 20.9 Å². The average molecular weight is 340 g/mol. The van der Waals surface area contributed by atoms with E-state index in [1.165, 1.54) is 5.56 Å². The summed E-state index contributed by atoms with van der Waals surface area (Å²) in [6, 6.07) is 18.1. The molecule has 0 spiro atoms. The van der Waals surface area contributed by atoms with Crippen LogP contribution >= 0.6 is 23.6 Å². The fourth-order valence-corrected chi connectivity index (χ4v) is 3.06. The van der Waals surface area contributed by atoms with Crippen LogP contribution in [-0.4, -0.2) is 15.8 Å². The van der Waals surface area contributed by atoms with Crippen LogP contribution in [-0.2, 0) is 6.54 Å². The van der Waals surface area contributed by atoms with Gasteiger partial charge in [0.25, 0.3) is 0 Å². The van der Waals surface area contributed by atoms with Gasteiger partial charge in [-0.1, -0.05) is 42.5 Å². The highest BCUT2D eigenvalue weighted by Crippen LogP contribution is 2.21. The predicted molar refractivity (Wildman–Crippen MR) is 101 cm³/mol. The lowest BCUT2D eigenvalue weighted by Crippen LogP contribution is -2.32. The number of fused-ring (bicyclic) bond motifs is 1. The van der Waals surface area contributed by atoms with Gasteiger partial charge in [-0.05, 0) is 36.8 Å². The molecule has 23 heavy (non-hydrogen) atoms. The normalized spacial score (nSPS) is 11.4. The van der Waals surface area contributed by atoms with Gasteiger partial charge in [0, 0.05) is 6.54 Å². The second-order valence-corrected chi connectivity index (χ2v) is 6.40. The fraction of sp³-hybridized carbons (Fsp3) is 0.118. The first-order valence-corrected chi connectivity index (χ1v) is 8.43. The largest absolute Gasteiger partial charge is 0.357 e. The van der Waals surface area contributed by atoms with Crippen LogP contribution in [0, 0.1) is 0 Å². The van der Waals surface area contributed by atoms with Crippen LogP contribution in [0.2, 0.25) is 0 Å². The third-order valence-corrected chi connectivity index (χ3v) is 4.61. The first-order chi connectivity index (χ1) is 11.2. The molecular formula is C17H16N4S2. The van der Waals surface area contributed by atoms with Gasteiger partial charge in [-0.15, -0.1) is 11.3 Å². The Balaban J connectivity index is 1.59. The van der Waals surface area contributed by atoms with Crippen molar-refractivity contribution >= 4 is 44.6 Å². The van der Waals surface area contributed by atoms with Crippen molar-refractivity contribution in [3.8, 4) is 0 Å². The summed E-state index contributed by atoms with van der Waals surface area (Å²) in [4.78, 5) is 4.57. The molecule has 0 fully saturated rings. The maximum absolute atomic E-state index is 5.24. The fourth-order valence-electron chi connectivity index (χ4n) is 2.03. The van der Waals surface area contributed by atoms with Crippen LogP contribution in [0.3, 0.4) is 0 Å². The molecule has 6 heteroatoms. The molecule has 116 valence electrons. The van der Waals surface area contributed by atoms with E-state index >= 15 is 0 Å². The summed E-state index contributed by atoms with van der Waals surface area (Å²) < 4.78 is 1.15. The lowest BCUT2D eigenvalue weighted by molar-refractivity contribution is 0.866. The van der Waals surface area contributed by atoms with Crippen molar-refractivity contribution in [1.82, 2.24) is 15.7 Å². The van der Waals surface area contributed by atoms with Gasteiger partial charge in [-0.2, -0.15) is 5.10 Å². The average Bonchev–Trinajstić information content (AvgIpc) is 3.03. The number of para-hydroxylation sites is 1. The minimum absolute atomic E-state index is 0.495. The summed E-state index contributed by atoms with van der Waals surface area (Å²) in [7, 11) is 0. The molecule has 1 aromatic heterocycles. The quantitative estimate of drug-likeness (QED) is 0.432. The molecule has 3 aromatic rings. The molecule has 0 saturated carbocycles. The second-order valence-electron chi connectivity index (χ2n) is 4.96. The van der Waals surface area contributed by atoms with Crippen molar-refractivity contribution in [2.75, 3.05) is 0 Å². The van der Waals surface area contributed by atoms with Gasteiger partial charge in [0.15, 0.2) is 5.11 Å². The van der Waals surface area contributed by atoms with Crippen LogP contribution in [0.25, 0.3) is 10.2 Å². The molecule has 1 heterocycles. The lowest BCUT2D eigenvalue weighted by atomic mass is 10.2. The van der Waals surface area contributed by atoms with Gasteiger partial charge in [-0.3, -0.25) is 5.43 Å². The van der Waals surface area contributed by atoms with E-state index in [1.54, 1.807) is 11.3 Å². The lowest BCUT2D eigenvalue weighted by Gasteiger charge is -2.07. The van der Waals surface area contributed by atoms with Gasteiger partial charge >= 0.3 is 0 Å². The predicted octanol–water partition coefficient (Wildman–Crippen LogP) is 3.68. The number of benzene rings is 2. The highest BCUT2D eigenvalue weighted by molar-refractivity contribution is 7.80. The molecule has 0 aliphatic carbocycles. The zero-order chi connectivity index (χ0) is 16.1. The Bertz CT molecular complexity index is 807. The topological polar surface area (TPSA) is 49.3 Å². The summed E-state index contributed by atoms with van der Waals surface area (Å²) in [6.07, 6.45) is 0. The van der Waals surface area contributed by atoms with Crippen molar-refractivity contribution in [2.45, 2.75) is 13.5 Å². The molecule has 2 aromatic carbocycles. The Morgan fingerprint density at radius 2 is 1.87 bits per heavy atom. The summed E-state index contributed by atoms with van der Waals surface area (Å²) >= 11 is 6.86. The Labute approximate surface area is 144 Å². The van der Waals surface area contributed by atoms with E-state index in [1.807, 2.05) is 55.5 Å². The van der Waals surface area contributed by atoms with Crippen LogP contribution in [0.5, 0.6) is 0 Å². The molecule has 0 amide bonds. The number of hydrogen-bond donors (Lipinski definition) is 2. The summed E-state index contributed by atoms with van der Waals surface area (Å²) in [6.45, 7) is 2.59. The molecule has 0 aliphatic heterocycles. The van der Waals surface area contributed by atoms with E-state index in [9.17, 15) is 0 Å². The number of thiazole rings is 1. The third-order valence-electron chi connectivity index (χ3n) is 3.22. The first kappa shape index (κ1) is 15.6. The molecule has 0 radical (unpaired) electrons. The van der Waals surface area contributed by atoms with E-state index in [4.69, 9.17) is 12.2 Å². The molecule has 2 N–H and O–H groups in total. The van der Waals surface area contributed by atoms with E-state index in [0.29, 0.717) is 11.7 Å². The van der Waals surface area contributed by atoms with Crippen LogP contribution in [0.4, 0.5) is 0 Å². The SMILES string of the molecule is C/C(=N\NC(=S)NCc1ccccc1)c1nc2ccccc2s1. The highest BCUT2D eigenvalue weighted by Gasteiger charge is 2.06. The zero-order valence-corrected chi connectivity index (χ0v) is 14.2. The molecular weight excluding hydrogens is 324 g/mol.